The van der Waals surface area contributed by atoms with Crippen molar-refractivity contribution in [2.75, 3.05) is 0 Å². The predicted molar refractivity (Wildman–Crippen MR) is 102 cm³/mol. The third-order valence-corrected chi connectivity index (χ3v) is 4.57. The summed E-state index contributed by atoms with van der Waals surface area (Å²) in [5.74, 6) is 0.600. The Morgan fingerprint density at radius 3 is 2.68 bits per heavy atom. The van der Waals surface area contributed by atoms with Gasteiger partial charge in [0, 0.05) is 17.2 Å². The Hall–Kier alpha value is -3.86. The van der Waals surface area contributed by atoms with E-state index in [1.165, 1.54) is 29.6 Å². The topological polar surface area (TPSA) is 128 Å². The Balaban J connectivity index is 1.57. The van der Waals surface area contributed by atoms with E-state index in [0.717, 1.165) is 17.3 Å². The maximum atomic E-state index is 11.5. The van der Waals surface area contributed by atoms with Crippen molar-refractivity contribution in [3.8, 4) is 11.4 Å². The predicted octanol–water partition coefficient (Wildman–Crippen LogP) is 3.00. The van der Waals surface area contributed by atoms with Crippen LogP contribution in [0.3, 0.4) is 0 Å². The van der Waals surface area contributed by atoms with Gasteiger partial charge in [-0.1, -0.05) is 36.4 Å². The van der Waals surface area contributed by atoms with Crippen LogP contribution < -0.4 is 0 Å². The van der Waals surface area contributed by atoms with Gasteiger partial charge >= 0.3 is 0 Å². The molecule has 0 saturated carbocycles. The molecule has 0 spiro atoms. The molecule has 138 valence electrons. The molecule has 2 aromatic carbocycles. The first-order valence-corrected chi connectivity index (χ1v) is 8.84. The molecule has 0 radical (unpaired) electrons. The van der Waals surface area contributed by atoms with E-state index < -0.39 is 4.92 Å². The molecule has 28 heavy (non-hydrogen) atoms. The molecular weight excluding hydrogens is 380 g/mol. The van der Waals surface area contributed by atoms with Crippen molar-refractivity contribution in [1.82, 2.24) is 30.1 Å². The Kier molecular flexibility index (Phi) is 4.89. The number of hydrogen-bond donors (Lipinski definition) is 1. The smallest absolute Gasteiger partial charge is 0.258 e. The van der Waals surface area contributed by atoms with Crippen LogP contribution in [0, 0.1) is 10.1 Å². The highest BCUT2D eigenvalue weighted by Gasteiger charge is 2.18. The van der Waals surface area contributed by atoms with E-state index in [-0.39, 0.29) is 5.69 Å². The van der Waals surface area contributed by atoms with E-state index in [0.29, 0.717) is 21.4 Å². The summed E-state index contributed by atoms with van der Waals surface area (Å²) in [7, 11) is 0. The van der Waals surface area contributed by atoms with Gasteiger partial charge in [-0.05, 0) is 17.8 Å². The second-order valence-corrected chi connectivity index (χ2v) is 6.51. The lowest BCUT2D eigenvalue weighted by Crippen LogP contribution is -1.94. The summed E-state index contributed by atoms with van der Waals surface area (Å²) in [6.45, 7) is 0. The van der Waals surface area contributed by atoms with Crippen LogP contribution in [0.4, 0.5) is 5.69 Å². The highest BCUT2D eigenvalue weighted by molar-refractivity contribution is 7.99. The van der Waals surface area contributed by atoms with Crippen LogP contribution in [-0.4, -0.2) is 41.2 Å². The summed E-state index contributed by atoms with van der Waals surface area (Å²) >= 11 is 1.12. The van der Waals surface area contributed by atoms with E-state index in [4.69, 9.17) is 0 Å². The van der Waals surface area contributed by atoms with E-state index in [1.54, 1.807) is 12.1 Å². The molecule has 0 bridgehead atoms. The SMILES string of the molecule is O=[N+]([O-])c1cc(/C=N/n2cnnc2)ccc1Sc1n[nH]c(-c2ccccc2)n1. The molecule has 4 aromatic rings. The van der Waals surface area contributed by atoms with Gasteiger partial charge < -0.3 is 0 Å². The van der Waals surface area contributed by atoms with Crippen molar-refractivity contribution in [2.24, 2.45) is 5.10 Å². The van der Waals surface area contributed by atoms with Crippen LogP contribution in [0.25, 0.3) is 11.4 Å². The van der Waals surface area contributed by atoms with E-state index >= 15 is 0 Å². The molecule has 0 atom stereocenters. The number of nitrogens with zero attached hydrogens (tertiary/aromatic N) is 7. The fourth-order valence-corrected chi connectivity index (χ4v) is 3.15. The van der Waals surface area contributed by atoms with Crippen molar-refractivity contribution < 1.29 is 4.92 Å². The van der Waals surface area contributed by atoms with E-state index in [9.17, 15) is 10.1 Å². The summed E-state index contributed by atoms with van der Waals surface area (Å²) in [6.07, 6.45) is 4.33. The van der Waals surface area contributed by atoms with Gasteiger partial charge in [-0.2, -0.15) is 5.10 Å². The number of hydrogen-bond acceptors (Lipinski definition) is 8. The summed E-state index contributed by atoms with van der Waals surface area (Å²) in [5.41, 5.74) is 1.41. The Morgan fingerprint density at radius 1 is 1.14 bits per heavy atom. The largest absolute Gasteiger partial charge is 0.283 e. The number of nitro groups is 1. The molecule has 0 aliphatic carbocycles. The lowest BCUT2D eigenvalue weighted by atomic mass is 10.2. The second-order valence-electron chi connectivity index (χ2n) is 5.51. The highest BCUT2D eigenvalue weighted by atomic mass is 32.2. The van der Waals surface area contributed by atoms with Crippen LogP contribution in [0.2, 0.25) is 0 Å². The molecule has 0 aliphatic rings. The summed E-state index contributed by atoms with van der Waals surface area (Å²) < 4.78 is 1.40. The van der Waals surface area contributed by atoms with Gasteiger partial charge in [0.1, 0.15) is 12.7 Å². The Bertz CT molecular complexity index is 1130. The van der Waals surface area contributed by atoms with Gasteiger partial charge in [-0.3, -0.25) is 15.2 Å². The van der Waals surface area contributed by atoms with Crippen molar-refractivity contribution in [1.29, 1.82) is 0 Å². The van der Waals surface area contributed by atoms with Crippen molar-refractivity contribution in [3.63, 3.8) is 0 Å². The third kappa shape index (κ3) is 3.94. The fourth-order valence-electron chi connectivity index (χ4n) is 2.35. The van der Waals surface area contributed by atoms with Crippen LogP contribution in [-0.2, 0) is 0 Å². The third-order valence-electron chi connectivity index (χ3n) is 3.64. The fraction of sp³-hybridized carbons (Fsp3) is 0. The van der Waals surface area contributed by atoms with E-state index in [1.807, 2.05) is 30.3 Å². The second kappa shape index (κ2) is 7.80. The minimum atomic E-state index is -0.441. The average Bonchev–Trinajstić information content (AvgIpc) is 3.40. The molecule has 0 amide bonds. The zero-order valence-electron chi connectivity index (χ0n) is 14.2. The van der Waals surface area contributed by atoms with Crippen molar-refractivity contribution in [3.05, 3.63) is 76.9 Å². The number of nitrogens with one attached hydrogen (secondary N) is 1. The minimum Gasteiger partial charge on any atom is -0.258 e. The molecule has 4 rings (SSSR count). The summed E-state index contributed by atoms with van der Waals surface area (Å²) in [5, 5.41) is 30.3. The molecule has 0 aliphatic heterocycles. The molecule has 0 fully saturated rings. The van der Waals surface area contributed by atoms with Crippen LogP contribution in [0.15, 0.2) is 76.3 Å². The molecule has 1 N–H and O–H groups in total. The zero-order chi connectivity index (χ0) is 19.3. The lowest BCUT2D eigenvalue weighted by Gasteiger charge is -2.01. The van der Waals surface area contributed by atoms with E-state index in [2.05, 4.69) is 30.5 Å². The monoisotopic (exact) mass is 392 g/mol. The normalized spacial score (nSPS) is 11.1. The number of benzene rings is 2. The average molecular weight is 392 g/mol. The molecule has 10 nitrogen and oxygen atoms in total. The van der Waals surface area contributed by atoms with Gasteiger partial charge in [0.25, 0.3) is 5.69 Å². The number of aromatic amines is 1. The maximum Gasteiger partial charge on any atom is 0.283 e. The number of rotatable bonds is 6. The molecule has 0 saturated heterocycles. The number of aromatic nitrogens is 6. The van der Waals surface area contributed by atoms with Crippen molar-refractivity contribution >= 4 is 23.7 Å². The van der Waals surface area contributed by atoms with Crippen molar-refractivity contribution in [2.45, 2.75) is 10.1 Å². The summed E-state index contributed by atoms with van der Waals surface area (Å²) in [6, 6.07) is 14.3. The van der Waals surface area contributed by atoms with Gasteiger partial charge in [0.05, 0.1) is 16.0 Å². The lowest BCUT2D eigenvalue weighted by molar-refractivity contribution is -0.387. The minimum absolute atomic E-state index is 0.0521. The summed E-state index contributed by atoms with van der Waals surface area (Å²) in [4.78, 5) is 15.9. The first kappa shape index (κ1) is 17.5. The molecule has 0 unspecified atom stereocenters. The zero-order valence-corrected chi connectivity index (χ0v) is 15.0. The molecule has 2 aromatic heterocycles. The van der Waals surface area contributed by atoms with Crippen LogP contribution in [0.1, 0.15) is 5.56 Å². The van der Waals surface area contributed by atoms with Gasteiger partial charge in [0.15, 0.2) is 5.82 Å². The maximum absolute atomic E-state index is 11.5. The van der Waals surface area contributed by atoms with Gasteiger partial charge in [-0.15, -0.1) is 15.3 Å². The Labute approximate surface area is 162 Å². The Morgan fingerprint density at radius 2 is 1.93 bits per heavy atom. The first-order valence-electron chi connectivity index (χ1n) is 8.02. The quantitative estimate of drug-likeness (QED) is 0.303. The van der Waals surface area contributed by atoms with Crippen LogP contribution >= 0.6 is 11.8 Å². The van der Waals surface area contributed by atoms with Gasteiger partial charge in [-0.25, -0.2) is 9.66 Å². The molecular formula is C17H12N8O2S. The molecule has 2 heterocycles. The molecule has 11 heteroatoms. The van der Waals surface area contributed by atoms with Crippen LogP contribution in [0.5, 0.6) is 0 Å². The highest BCUT2D eigenvalue weighted by Crippen LogP contribution is 2.34. The first-order chi connectivity index (χ1) is 13.7. The standard InChI is InChI=1S/C17H12N8O2S/c26-25(27)14-8-12(9-20-24-10-18-19-11-24)6-7-15(14)28-17-21-16(22-23-17)13-4-2-1-3-5-13/h1-11H,(H,21,22,23)/b20-9+. The number of nitro benzene ring substituents is 1. The van der Waals surface area contributed by atoms with Gasteiger partial charge in [0.2, 0.25) is 5.16 Å². The number of H-pyrrole nitrogens is 1.